The van der Waals surface area contributed by atoms with Gasteiger partial charge >= 0.3 is 0 Å². The Hall–Kier alpha value is -2.28. The Labute approximate surface area is 145 Å². The summed E-state index contributed by atoms with van der Waals surface area (Å²) >= 11 is 0. The molecule has 0 saturated carbocycles. The first kappa shape index (κ1) is 19.1. The van der Waals surface area contributed by atoms with Crippen molar-refractivity contribution in [1.82, 2.24) is 5.32 Å². The van der Waals surface area contributed by atoms with Gasteiger partial charge in [0.15, 0.2) is 9.84 Å². The summed E-state index contributed by atoms with van der Waals surface area (Å²) in [4.78, 5) is 12.0. The van der Waals surface area contributed by atoms with E-state index in [0.717, 1.165) is 17.7 Å². The molecule has 2 rings (SSSR count). The molecule has 7 heteroatoms. The molecule has 2 aromatic rings. The maximum absolute atomic E-state index is 13.6. The highest BCUT2D eigenvalue weighted by molar-refractivity contribution is 7.92. The highest BCUT2D eigenvalue weighted by Gasteiger charge is 2.21. The lowest BCUT2D eigenvalue weighted by Gasteiger charge is -2.15. The number of carbonyl (C=O) groups is 1. The predicted molar refractivity (Wildman–Crippen MR) is 90.9 cm³/mol. The van der Waals surface area contributed by atoms with Crippen molar-refractivity contribution >= 4 is 15.7 Å². The molecule has 1 N–H and O–H groups in total. The lowest BCUT2D eigenvalue weighted by atomic mass is 10.1. The van der Waals surface area contributed by atoms with E-state index in [0.29, 0.717) is 0 Å². The molecule has 0 heterocycles. The molecule has 0 aliphatic rings. The van der Waals surface area contributed by atoms with Gasteiger partial charge in [-0.15, -0.1) is 0 Å². The number of nitrogens with one attached hydrogen (secondary N) is 1. The van der Waals surface area contributed by atoms with Crippen LogP contribution < -0.4 is 5.32 Å². The number of benzene rings is 2. The number of sulfone groups is 1. The Balaban J connectivity index is 2.00. The van der Waals surface area contributed by atoms with Gasteiger partial charge < -0.3 is 5.32 Å². The van der Waals surface area contributed by atoms with Crippen molar-refractivity contribution < 1.29 is 22.0 Å². The van der Waals surface area contributed by atoms with Crippen LogP contribution in [0.4, 0.5) is 8.78 Å². The summed E-state index contributed by atoms with van der Waals surface area (Å²) in [5.41, 5.74) is 0.764. The van der Waals surface area contributed by atoms with E-state index in [4.69, 9.17) is 0 Å². The van der Waals surface area contributed by atoms with Gasteiger partial charge in [0.2, 0.25) is 5.91 Å². The van der Waals surface area contributed by atoms with Crippen LogP contribution in [0.2, 0.25) is 0 Å². The van der Waals surface area contributed by atoms with Crippen LogP contribution in [0.3, 0.4) is 0 Å². The van der Waals surface area contributed by atoms with Crippen molar-refractivity contribution in [2.75, 3.05) is 5.75 Å². The fourth-order valence-electron chi connectivity index (χ4n) is 2.40. The standard InChI is InChI=1S/C18H19F2NO3S/c1-12-6-8-14(9-7-12)25(23,24)11-18(22)21-13(2)10-15-16(19)4-3-5-17(15)20/h3-9,13H,10-11H2,1-2H3,(H,21,22). The molecule has 0 spiro atoms. The number of amides is 1. The molecule has 1 amide bonds. The Morgan fingerprint density at radius 2 is 1.64 bits per heavy atom. The number of carbonyl (C=O) groups excluding carboxylic acids is 1. The number of aryl methyl sites for hydroxylation is 1. The van der Waals surface area contributed by atoms with E-state index in [2.05, 4.69) is 5.32 Å². The lowest BCUT2D eigenvalue weighted by molar-refractivity contribution is -0.119. The van der Waals surface area contributed by atoms with Crippen molar-refractivity contribution in [1.29, 1.82) is 0 Å². The molecule has 0 fully saturated rings. The maximum Gasteiger partial charge on any atom is 0.235 e. The van der Waals surface area contributed by atoms with Gasteiger partial charge in [0, 0.05) is 11.6 Å². The topological polar surface area (TPSA) is 63.2 Å². The van der Waals surface area contributed by atoms with E-state index < -0.39 is 39.2 Å². The molecule has 1 unspecified atom stereocenters. The third-order valence-corrected chi connectivity index (χ3v) is 5.31. The average molecular weight is 367 g/mol. The third-order valence-electron chi connectivity index (χ3n) is 3.68. The quantitative estimate of drug-likeness (QED) is 0.854. The maximum atomic E-state index is 13.6. The minimum Gasteiger partial charge on any atom is -0.352 e. The molecule has 0 aliphatic carbocycles. The van der Waals surface area contributed by atoms with E-state index in [1.807, 2.05) is 6.92 Å². The van der Waals surface area contributed by atoms with Gasteiger partial charge in [0.1, 0.15) is 17.4 Å². The van der Waals surface area contributed by atoms with Crippen LogP contribution in [0, 0.1) is 18.6 Å². The molecule has 0 bridgehead atoms. The molecule has 0 aliphatic heterocycles. The zero-order chi connectivity index (χ0) is 18.6. The summed E-state index contributed by atoms with van der Waals surface area (Å²) in [6.07, 6.45) is -0.0746. The summed E-state index contributed by atoms with van der Waals surface area (Å²) in [6.45, 7) is 3.38. The molecule has 0 saturated heterocycles. The van der Waals surface area contributed by atoms with Gasteiger partial charge in [-0.1, -0.05) is 23.8 Å². The first-order valence-electron chi connectivity index (χ1n) is 7.70. The second-order valence-electron chi connectivity index (χ2n) is 5.95. The molecule has 25 heavy (non-hydrogen) atoms. The third kappa shape index (κ3) is 5.09. The SMILES string of the molecule is Cc1ccc(S(=O)(=O)CC(=O)NC(C)Cc2c(F)cccc2F)cc1. The Kier molecular flexibility index (Phi) is 5.89. The van der Waals surface area contributed by atoms with Gasteiger partial charge in [-0.05, 0) is 44.5 Å². The molecule has 1 atom stereocenters. The van der Waals surface area contributed by atoms with Gasteiger partial charge in [0.05, 0.1) is 4.90 Å². The lowest BCUT2D eigenvalue weighted by Crippen LogP contribution is -2.38. The van der Waals surface area contributed by atoms with Gasteiger partial charge in [-0.3, -0.25) is 4.79 Å². The van der Waals surface area contributed by atoms with Crippen molar-refractivity contribution in [2.24, 2.45) is 0 Å². The van der Waals surface area contributed by atoms with Gasteiger partial charge in [0.25, 0.3) is 0 Å². The van der Waals surface area contributed by atoms with Gasteiger partial charge in [-0.2, -0.15) is 0 Å². The number of rotatable bonds is 6. The van der Waals surface area contributed by atoms with E-state index in [1.54, 1.807) is 19.1 Å². The van der Waals surface area contributed by atoms with Crippen LogP contribution >= 0.6 is 0 Å². The van der Waals surface area contributed by atoms with Crippen LogP contribution in [0.1, 0.15) is 18.1 Å². The van der Waals surface area contributed by atoms with Crippen molar-refractivity contribution in [3.63, 3.8) is 0 Å². The van der Waals surface area contributed by atoms with Gasteiger partial charge in [-0.25, -0.2) is 17.2 Å². The van der Waals surface area contributed by atoms with Crippen molar-refractivity contribution in [3.05, 3.63) is 65.2 Å². The number of hydrogen-bond donors (Lipinski definition) is 1. The first-order valence-corrected chi connectivity index (χ1v) is 9.36. The summed E-state index contributed by atoms with van der Waals surface area (Å²) in [5.74, 6) is -2.84. The second-order valence-corrected chi connectivity index (χ2v) is 7.93. The first-order chi connectivity index (χ1) is 11.7. The summed E-state index contributed by atoms with van der Waals surface area (Å²) in [5, 5.41) is 2.47. The number of hydrogen-bond acceptors (Lipinski definition) is 3. The van der Waals surface area contributed by atoms with Crippen LogP contribution in [-0.2, 0) is 21.1 Å². The summed E-state index contributed by atoms with van der Waals surface area (Å²) in [7, 11) is -3.77. The Morgan fingerprint density at radius 1 is 1.08 bits per heavy atom. The van der Waals surface area contributed by atoms with E-state index >= 15 is 0 Å². The Bertz CT molecular complexity index is 844. The monoisotopic (exact) mass is 367 g/mol. The minimum absolute atomic E-state index is 0.0565. The van der Waals surface area contributed by atoms with Crippen LogP contribution in [-0.4, -0.2) is 26.1 Å². The van der Waals surface area contributed by atoms with E-state index in [-0.39, 0.29) is 16.9 Å². The normalized spacial score (nSPS) is 12.6. The fourth-order valence-corrected chi connectivity index (χ4v) is 3.55. The second kappa shape index (κ2) is 7.74. The fraction of sp³-hybridized carbons (Fsp3) is 0.278. The summed E-state index contributed by atoms with van der Waals surface area (Å²) in [6, 6.07) is 9.08. The smallest absolute Gasteiger partial charge is 0.235 e. The minimum atomic E-state index is -3.77. The van der Waals surface area contributed by atoms with Crippen molar-refractivity contribution in [2.45, 2.75) is 31.2 Å². The summed E-state index contributed by atoms with van der Waals surface area (Å²) < 4.78 is 51.7. The predicted octanol–water partition coefficient (Wildman–Crippen LogP) is 2.79. The molecular weight excluding hydrogens is 348 g/mol. The highest BCUT2D eigenvalue weighted by Crippen LogP contribution is 2.15. The van der Waals surface area contributed by atoms with Crippen molar-refractivity contribution in [3.8, 4) is 0 Å². The average Bonchev–Trinajstić information content (AvgIpc) is 2.51. The zero-order valence-corrected chi connectivity index (χ0v) is 14.7. The van der Waals surface area contributed by atoms with Crippen LogP contribution in [0.25, 0.3) is 0 Å². The molecule has 4 nitrogen and oxygen atoms in total. The Morgan fingerprint density at radius 3 is 2.20 bits per heavy atom. The molecule has 0 aromatic heterocycles. The molecule has 2 aromatic carbocycles. The number of halogens is 2. The van der Waals surface area contributed by atoms with Crippen LogP contribution in [0.15, 0.2) is 47.4 Å². The van der Waals surface area contributed by atoms with Crippen LogP contribution in [0.5, 0.6) is 0 Å². The molecular formula is C18H19F2NO3S. The van der Waals surface area contributed by atoms with E-state index in [1.165, 1.54) is 18.2 Å². The highest BCUT2D eigenvalue weighted by atomic mass is 32.2. The molecule has 0 radical (unpaired) electrons. The largest absolute Gasteiger partial charge is 0.352 e. The zero-order valence-electron chi connectivity index (χ0n) is 13.9. The molecule has 134 valence electrons. The van der Waals surface area contributed by atoms with E-state index in [9.17, 15) is 22.0 Å².